The van der Waals surface area contributed by atoms with E-state index in [0.29, 0.717) is 10.0 Å². The number of rotatable bonds is 14. The van der Waals surface area contributed by atoms with Gasteiger partial charge in [0.15, 0.2) is 0 Å². The number of anilines is 2. The van der Waals surface area contributed by atoms with Crippen molar-refractivity contribution in [1.29, 1.82) is 0 Å². The lowest BCUT2D eigenvalue weighted by molar-refractivity contribution is 0.223. The summed E-state index contributed by atoms with van der Waals surface area (Å²) in [5.74, 6) is 0. The van der Waals surface area contributed by atoms with Gasteiger partial charge in [0.25, 0.3) is 0 Å². The Hall–Kier alpha value is -2.68. The van der Waals surface area contributed by atoms with Gasteiger partial charge in [-0.25, -0.2) is 0 Å². The molecule has 0 bridgehead atoms. The van der Waals surface area contributed by atoms with Crippen molar-refractivity contribution >= 4 is 56.4 Å². The summed E-state index contributed by atoms with van der Waals surface area (Å²) in [4.78, 5) is 16.0. The first kappa shape index (κ1) is 28.3. The van der Waals surface area contributed by atoms with E-state index in [2.05, 4.69) is 56.4 Å². The molecule has 0 amide bonds. The largest absolute Gasteiger partial charge is 0.383 e. The summed E-state index contributed by atoms with van der Waals surface area (Å²) < 4.78 is 0. The van der Waals surface area contributed by atoms with Crippen LogP contribution in [0.2, 0.25) is 10.0 Å². The standard InChI is InChI=1S/C29H37Cl2N7/c1-36(2)16-17-37(3)18-19-38(14-12-34-26-8-10-32-28-20-22(30)4-6-24(26)28)15-13-35-27-9-11-33-29-21-23(31)5-7-25(27)29/h4-11,20-21H,12-19H2,1-3H3,(H,32,34)(H,33,35). The van der Waals surface area contributed by atoms with Crippen LogP contribution >= 0.6 is 23.2 Å². The van der Waals surface area contributed by atoms with Gasteiger partial charge in [0.1, 0.15) is 0 Å². The minimum absolute atomic E-state index is 0.698. The minimum Gasteiger partial charge on any atom is -0.383 e. The molecule has 4 rings (SSSR count). The van der Waals surface area contributed by atoms with E-state index < -0.39 is 0 Å². The van der Waals surface area contributed by atoms with Crippen molar-refractivity contribution in [3.05, 3.63) is 71.0 Å². The van der Waals surface area contributed by atoms with Crippen molar-refractivity contribution in [2.45, 2.75) is 0 Å². The molecule has 0 atom stereocenters. The monoisotopic (exact) mass is 553 g/mol. The van der Waals surface area contributed by atoms with Gasteiger partial charge in [0.05, 0.1) is 11.0 Å². The highest BCUT2D eigenvalue weighted by Gasteiger charge is 2.10. The highest BCUT2D eigenvalue weighted by Crippen LogP contribution is 2.25. The number of nitrogens with one attached hydrogen (secondary N) is 2. The molecule has 7 nitrogen and oxygen atoms in total. The highest BCUT2D eigenvalue weighted by atomic mass is 35.5. The van der Waals surface area contributed by atoms with Gasteiger partial charge in [-0.1, -0.05) is 23.2 Å². The summed E-state index contributed by atoms with van der Waals surface area (Å²) in [6, 6.07) is 15.7. The van der Waals surface area contributed by atoms with Crippen molar-refractivity contribution in [1.82, 2.24) is 24.7 Å². The Kier molecular flexibility index (Phi) is 10.4. The lowest BCUT2D eigenvalue weighted by Gasteiger charge is -2.27. The van der Waals surface area contributed by atoms with Crippen LogP contribution in [0.25, 0.3) is 21.8 Å². The minimum atomic E-state index is 0.698. The fraction of sp³-hybridized carbons (Fsp3) is 0.379. The fourth-order valence-corrected chi connectivity index (χ4v) is 4.71. The van der Waals surface area contributed by atoms with Crippen LogP contribution in [-0.2, 0) is 0 Å². The lowest BCUT2D eigenvalue weighted by atomic mass is 10.2. The maximum atomic E-state index is 6.16. The SMILES string of the molecule is CN(C)CCN(C)CCN(CCNc1ccnc2cc(Cl)ccc12)CCNc1ccnc2cc(Cl)ccc12. The molecule has 2 heterocycles. The molecular formula is C29H37Cl2N7. The normalized spacial score (nSPS) is 11.8. The first-order valence-corrected chi connectivity index (χ1v) is 13.8. The van der Waals surface area contributed by atoms with Crippen LogP contribution in [0.15, 0.2) is 60.9 Å². The Morgan fingerprint density at radius 2 is 1.13 bits per heavy atom. The van der Waals surface area contributed by atoms with Gasteiger partial charge < -0.3 is 20.4 Å². The summed E-state index contributed by atoms with van der Waals surface area (Å²) in [7, 11) is 6.43. The first-order chi connectivity index (χ1) is 18.4. The fourth-order valence-electron chi connectivity index (χ4n) is 4.38. The molecule has 4 aromatic rings. The highest BCUT2D eigenvalue weighted by molar-refractivity contribution is 6.31. The number of benzene rings is 2. The van der Waals surface area contributed by atoms with Gasteiger partial charge in [-0.05, 0) is 69.7 Å². The van der Waals surface area contributed by atoms with Gasteiger partial charge in [-0.3, -0.25) is 14.9 Å². The first-order valence-electron chi connectivity index (χ1n) is 13.0. The van der Waals surface area contributed by atoms with E-state index in [4.69, 9.17) is 23.2 Å². The average Bonchev–Trinajstić information content (AvgIpc) is 2.90. The quantitative estimate of drug-likeness (QED) is 0.216. The van der Waals surface area contributed by atoms with Crippen molar-refractivity contribution in [2.75, 3.05) is 84.1 Å². The molecule has 2 N–H and O–H groups in total. The molecule has 0 aliphatic rings. The van der Waals surface area contributed by atoms with E-state index in [1.807, 2.05) is 60.9 Å². The van der Waals surface area contributed by atoms with Gasteiger partial charge >= 0.3 is 0 Å². The number of fused-ring (bicyclic) bond motifs is 2. The molecule has 9 heteroatoms. The Bertz CT molecular complexity index is 1240. The Balaban J connectivity index is 1.36. The molecule has 0 aliphatic heterocycles. The maximum absolute atomic E-state index is 6.16. The van der Waals surface area contributed by atoms with Crippen molar-refractivity contribution < 1.29 is 0 Å². The molecule has 2 aromatic carbocycles. The van der Waals surface area contributed by atoms with Crippen LogP contribution in [0, 0.1) is 0 Å². The maximum Gasteiger partial charge on any atom is 0.0737 e. The van der Waals surface area contributed by atoms with E-state index in [1.165, 1.54) is 0 Å². The summed E-state index contributed by atoms with van der Waals surface area (Å²) in [5, 5.41) is 10.8. The van der Waals surface area contributed by atoms with Crippen LogP contribution in [0.4, 0.5) is 11.4 Å². The summed E-state index contributed by atoms with van der Waals surface area (Å²) >= 11 is 12.3. The second kappa shape index (κ2) is 13.9. The lowest BCUT2D eigenvalue weighted by Crippen LogP contribution is -2.40. The second-order valence-electron chi connectivity index (χ2n) is 9.84. The smallest absolute Gasteiger partial charge is 0.0737 e. The predicted octanol–water partition coefficient (Wildman–Crippen LogP) is 5.41. The van der Waals surface area contributed by atoms with E-state index in [-0.39, 0.29) is 0 Å². The third kappa shape index (κ3) is 8.16. The zero-order valence-corrected chi connectivity index (χ0v) is 23.9. The number of likely N-dealkylation sites (N-methyl/N-ethyl adjacent to an activating group) is 2. The van der Waals surface area contributed by atoms with Crippen LogP contribution in [0.5, 0.6) is 0 Å². The van der Waals surface area contributed by atoms with Gasteiger partial charge in [0, 0.05) is 96.9 Å². The summed E-state index contributed by atoms with van der Waals surface area (Å²) in [6.07, 6.45) is 3.66. The Labute approximate surface area is 235 Å². The summed E-state index contributed by atoms with van der Waals surface area (Å²) in [6.45, 7) is 7.63. The summed E-state index contributed by atoms with van der Waals surface area (Å²) in [5.41, 5.74) is 3.96. The molecule has 38 heavy (non-hydrogen) atoms. The topological polar surface area (TPSA) is 59.6 Å². The third-order valence-corrected chi connectivity index (χ3v) is 7.09. The molecule has 0 aliphatic carbocycles. The second-order valence-corrected chi connectivity index (χ2v) is 10.7. The van der Waals surface area contributed by atoms with E-state index >= 15 is 0 Å². The van der Waals surface area contributed by atoms with Crippen LogP contribution in [0.3, 0.4) is 0 Å². The van der Waals surface area contributed by atoms with Crippen LogP contribution in [0.1, 0.15) is 0 Å². The number of pyridine rings is 2. The Morgan fingerprint density at radius 1 is 0.632 bits per heavy atom. The number of aromatic nitrogens is 2. The molecule has 0 spiro atoms. The van der Waals surface area contributed by atoms with Gasteiger partial charge in [-0.15, -0.1) is 0 Å². The van der Waals surface area contributed by atoms with Crippen molar-refractivity contribution in [3.63, 3.8) is 0 Å². The van der Waals surface area contributed by atoms with E-state index in [9.17, 15) is 0 Å². The van der Waals surface area contributed by atoms with Gasteiger partial charge in [0.2, 0.25) is 0 Å². The molecule has 0 radical (unpaired) electrons. The van der Waals surface area contributed by atoms with Crippen molar-refractivity contribution in [2.24, 2.45) is 0 Å². The molecule has 0 saturated carbocycles. The van der Waals surface area contributed by atoms with E-state index in [1.54, 1.807) is 0 Å². The molecular weight excluding hydrogens is 517 g/mol. The average molecular weight is 555 g/mol. The number of nitrogens with zero attached hydrogens (tertiary/aromatic N) is 5. The van der Waals surface area contributed by atoms with Gasteiger partial charge in [-0.2, -0.15) is 0 Å². The number of halogens is 2. The third-order valence-electron chi connectivity index (χ3n) is 6.62. The molecule has 0 unspecified atom stereocenters. The zero-order valence-electron chi connectivity index (χ0n) is 22.4. The molecule has 202 valence electrons. The zero-order chi connectivity index (χ0) is 26.9. The van der Waals surface area contributed by atoms with Crippen molar-refractivity contribution in [3.8, 4) is 0 Å². The van der Waals surface area contributed by atoms with Crippen LogP contribution in [-0.4, -0.2) is 98.2 Å². The molecule has 2 aromatic heterocycles. The number of hydrogen-bond donors (Lipinski definition) is 2. The predicted molar refractivity (Wildman–Crippen MR) is 163 cm³/mol. The Morgan fingerprint density at radius 3 is 1.63 bits per heavy atom. The molecule has 0 fully saturated rings. The van der Waals surface area contributed by atoms with Crippen LogP contribution < -0.4 is 10.6 Å². The van der Waals surface area contributed by atoms with E-state index in [0.717, 1.165) is 85.5 Å². The molecule has 0 saturated heterocycles. The number of hydrogen-bond acceptors (Lipinski definition) is 7.